The minimum absolute atomic E-state index is 0.115. The summed E-state index contributed by atoms with van der Waals surface area (Å²) in [5, 5.41) is 15.9. The van der Waals surface area contributed by atoms with Gasteiger partial charge in [0.15, 0.2) is 5.56 Å². The Morgan fingerprint density at radius 3 is 2.16 bits per heavy atom. The second kappa shape index (κ2) is 7.54. The SMILES string of the molecule is Cc1cccc(-[n+]2c(O)c(-c3ccccc3)c(=O)n3nc(-c4ccccc4)ccc32)c1. The molecule has 0 radical (unpaired) electrons. The molecule has 0 aliphatic rings. The molecule has 5 heteroatoms. The van der Waals surface area contributed by atoms with E-state index in [-0.39, 0.29) is 17.0 Å². The van der Waals surface area contributed by atoms with Crippen LogP contribution in [0.25, 0.3) is 33.7 Å². The highest BCUT2D eigenvalue weighted by molar-refractivity contribution is 5.68. The first-order valence-electron chi connectivity index (χ1n) is 10.0. The number of benzene rings is 3. The monoisotopic (exact) mass is 406 g/mol. The van der Waals surface area contributed by atoms with Crippen molar-refractivity contribution in [1.82, 2.24) is 9.61 Å². The fourth-order valence-corrected chi connectivity index (χ4v) is 3.80. The zero-order chi connectivity index (χ0) is 21.4. The minimum Gasteiger partial charge on any atom is -0.477 e. The number of hydrogen-bond acceptors (Lipinski definition) is 3. The first-order chi connectivity index (χ1) is 15.1. The first-order valence-corrected chi connectivity index (χ1v) is 10.0. The summed E-state index contributed by atoms with van der Waals surface area (Å²) in [6.07, 6.45) is 0. The topological polar surface area (TPSA) is 58.5 Å². The van der Waals surface area contributed by atoms with Crippen LogP contribution in [0.15, 0.2) is 102 Å². The molecule has 0 spiro atoms. The number of hydrogen-bond donors (Lipinski definition) is 1. The largest absolute Gasteiger partial charge is 0.477 e. The summed E-state index contributed by atoms with van der Waals surface area (Å²) in [6.45, 7) is 1.99. The Hall–Kier alpha value is -4.25. The van der Waals surface area contributed by atoms with Gasteiger partial charge in [0.25, 0.3) is 0 Å². The van der Waals surface area contributed by atoms with Gasteiger partial charge in [-0.2, -0.15) is 4.57 Å². The van der Waals surface area contributed by atoms with E-state index >= 15 is 0 Å². The second-order valence-electron chi connectivity index (χ2n) is 7.40. The standard InChI is InChI=1S/C26H19N3O2/c1-18-9-8-14-21(17-18)28-23-16-15-22(19-10-4-2-5-11-19)27-29(23)26(31)24(25(28)30)20-12-6-3-7-13-20/h2-17H,1H3/p+1. The summed E-state index contributed by atoms with van der Waals surface area (Å²) >= 11 is 0. The van der Waals surface area contributed by atoms with Crippen molar-refractivity contribution >= 4 is 5.65 Å². The quantitative estimate of drug-likeness (QED) is 0.454. The third-order valence-corrected chi connectivity index (χ3v) is 5.28. The van der Waals surface area contributed by atoms with Gasteiger partial charge >= 0.3 is 17.1 Å². The maximum Gasteiger partial charge on any atom is 0.375 e. The fourth-order valence-electron chi connectivity index (χ4n) is 3.80. The Labute approximate surface area is 179 Å². The molecule has 0 amide bonds. The van der Waals surface area contributed by atoms with Gasteiger partial charge in [0.2, 0.25) is 0 Å². The van der Waals surface area contributed by atoms with Crippen molar-refractivity contribution < 1.29 is 9.67 Å². The van der Waals surface area contributed by atoms with Crippen LogP contribution in [0.1, 0.15) is 5.56 Å². The van der Waals surface area contributed by atoms with Crippen LogP contribution in [-0.2, 0) is 0 Å². The van der Waals surface area contributed by atoms with Crippen LogP contribution in [0.2, 0.25) is 0 Å². The predicted molar refractivity (Wildman–Crippen MR) is 120 cm³/mol. The highest BCUT2D eigenvalue weighted by atomic mass is 16.3. The van der Waals surface area contributed by atoms with Gasteiger partial charge in [0, 0.05) is 11.6 Å². The smallest absolute Gasteiger partial charge is 0.375 e. The van der Waals surface area contributed by atoms with Gasteiger partial charge in [-0.15, -0.1) is 0 Å². The van der Waals surface area contributed by atoms with Gasteiger partial charge < -0.3 is 5.11 Å². The second-order valence-corrected chi connectivity index (χ2v) is 7.40. The molecule has 150 valence electrons. The molecule has 3 aromatic carbocycles. The molecule has 0 aliphatic carbocycles. The predicted octanol–water partition coefficient (Wildman–Crippen LogP) is 4.32. The van der Waals surface area contributed by atoms with Crippen LogP contribution in [0, 0.1) is 6.92 Å². The molecule has 0 aliphatic heterocycles. The maximum absolute atomic E-state index is 13.5. The number of aryl methyl sites for hydroxylation is 1. The Bertz CT molecular complexity index is 1460. The van der Waals surface area contributed by atoms with Crippen LogP contribution in [0.3, 0.4) is 0 Å². The molecule has 0 unspecified atom stereocenters. The summed E-state index contributed by atoms with van der Waals surface area (Å²) < 4.78 is 3.03. The van der Waals surface area contributed by atoms with Crippen LogP contribution in [0.5, 0.6) is 5.88 Å². The molecule has 5 aromatic rings. The van der Waals surface area contributed by atoms with E-state index < -0.39 is 0 Å². The van der Waals surface area contributed by atoms with Crippen molar-refractivity contribution in [2.45, 2.75) is 6.92 Å². The number of rotatable bonds is 3. The van der Waals surface area contributed by atoms with Crippen molar-refractivity contribution in [1.29, 1.82) is 0 Å². The van der Waals surface area contributed by atoms with Gasteiger partial charge in [0.1, 0.15) is 11.4 Å². The highest BCUT2D eigenvalue weighted by Gasteiger charge is 2.27. The minimum atomic E-state index is -0.375. The summed E-state index contributed by atoms with van der Waals surface area (Å²) in [4.78, 5) is 13.5. The van der Waals surface area contributed by atoms with E-state index in [9.17, 15) is 9.90 Å². The van der Waals surface area contributed by atoms with Crippen LogP contribution < -0.4 is 10.1 Å². The third kappa shape index (κ3) is 3.26. The Morgan fingerprint density at radius 1 is 0.806 bits per heavy atom. The molecule has 2 aromatic heterocycles. The summed E-state index contributed by atoms with van der Waals surface area (Å²) in [7, 11) is 0. The zero-order valence-corrected chi connectivity index (χ0v) is 16.9. The summed E-state index contributed by atoms with van der Waals surface area (Å²) in [5.41, 5.74) is 4.33. The van der Waals surface area contributed by atoms with Crippen LogP contribution in [0.4, 0.5) is 0 Å². The third-order valence-electron chi connectivity index (χ3n) is 5.28. The number of aromatic nitrogens is 3. The molecule has 0 fully saturated rings. The van der Waals surface area contributed by atoms with Gasteiger partial charge in [-0.3, -0.25) is 0 Å². The summed E-state index contributed by atoms with van der Waals surface area (Å²) in [6, 6.07) is 30.3. The average molecular weight is 406 g/mol. The summed E-state index contributed by atoms with van der Waals surface area (Å²) in [5.74, 6) is -0.115. The lowest BCUT2D eigenvalue weighted by Crippen LogP contribution is -2.39. The van der Waals surface area contributed by atoms with Crippen molar-refractivity contribution in [3.63, 3.8) is 0 Å². The molecular formula is C26H20N3O2+. The maximum atomic E-state index is 13.5. The molecule has 0 bridgehead atoms. The van der Waals surface area contributed by atoms with Crippen LogP contribution in [-0.4, -0.2) is 14.7 Å². The Morgan fingerprint density at radius 2 is 1.48 bits per heavy atom. The zero-order valence-electron chi connectivity index (χ0n) is 16.9. The molecule has 2 heterocycles. The molecule has 5 nitrogen and oxygen atoms in total. The number of aromatic hydroxyl groups is 1. The number of nitrogens with zero attached hydrogens (tertiary/aromatic N) is 3. The Balaban J connectivity index is 1.90. The van der Waals surface area contributed by atoms with Crippen molar-refractivity contribution in [2.75, 3.05) is 0 Å². The molecule has 0 saturated heterocycles. The van der Waals surface area contributed by atoms with Crippen molar-refractivity contribution in [3.8, 4) is 34.0 Å². The lowest BCUT2D eigenvalue weighted by atomic mass is 10.1. The van der Waals surface area contributed by atoms with E-state index in [2.05, 4.69) is 5.10 Å². The molecule has 0 atom stereocenters. The molecular weight excluding hydrogens is 386 g/mol. The van der Waals surface area contributed by atoms with E-state index in [4.69, 9.17) is 0 Å². The van der Waals surface area contributed by atoms with Gasteiger partial charge in [0.05, 0.1) is 0 Å². The fraction of sp³-hybridized carbons (Fsp3) is 0.0385. The van der Waals surface area contributed by atoms with Crippen LogP contribution >= 0.6 is 0 Å². The lowest BCUT2D eigenvalue weighted by Gasteiger charge is -2.10. The van der Waals surface area contributed by atoms with E-state index in [1.165, 1.54) is 4.52 Å². The molecule has 0 saturated carbocycles. The van der Waals surface area contributed by atoms with E-state index in [1.807, 2.05) is 104 Å². The van der Waals surface area contributed by atoms with Gasteiger partial charge in [-0.25, -0.2) is 4.79 Å². The highest BCUT2D eigenvalue weighted by Crippen LogP contribution is 2.25. The normalized spacial score (nSPS) is 11.0. The van der Waals surface area contributed by atoms with E-state index in [0.717, 1.165) is 16.8 Å². The van der Waals surface area contributed by atoms with Crippen molar-refractivity contribution in [2.24, 2.45) is 0 Å². The Kier molecular flexibility index (Phi) is 4.56. The molecule has 1 N–H and O–H groups in total. The van der Waals surface area contributed by atoms with Gasteiger partial charge in [-0.05, 0) is 36.2 Å². The molecule has 5 rings (SSSR count). The average Bonchev–Trinajstić information content (AvgIpc) is 2.80. The lowest BCUT2D eigenvalue weighted by molar-refractivity contribution is -0.580. The van der Waals surface area contributed by atoms with Crippen molar-refractivity contribution in [3.05, 3.63) is 113 Å². The molecule has 31 heavy (non-hydrogen) atoms. The van der Waals surface area contributed by atoms with Gasteiger partial charge in [-0.1, -0.05) is 82.4 Å². The van der Waals surface area contributed by atoms with E-state index in [1.54, 1.807) is 4.57 Å². The van der Waals surface area contributed by atoms with E-state index in [0.29, 0.717) is 16.9 Å². The number of fused-ring (bicyclic) bond motifs is 1. The first kappa shape index (κ1) is 18.8.